The van der Waals surface area contributed by atoms with Crippen molar-refractivity contribution in [1.29, 1.82) is 0 Å². The van der Waals surface area contributed by atoms with Crippen molar-refractivity contribution in [2.45, 2.75) is 18.7 Å². The minimum Gasteiger partial charge on any atom is -0.497 e. The Morgan fingerprint density at radius 2 is 1.70 bits per heavy atom. The van der Waals surface area contributed by atoms with E-state index in [1.165, 1.54) is 0 Å². The Morgan fingerprint density at radius 3 is 2.48 bits per heavy atom. The van der Waals surface area contributed by atoms with Crippen LogP contribution in [0.5, 0.6) is 11.5 Å². The van der Waals surface area contributed by atoms with Gasteiger partial charge in [-0.15, -0.1) is 0 Å². The van der Waals surface area contributed by atoms with Gasteiger partial charge in [-0.05, 0) is 66.1 Å². The number of aryl methyl sites for hydroxylation is 1. The second kappa shape index (κ2) is 7.98. The molecule has 0 saturated carbocycles. The van der Waals surface area contributed by atoms with Crippen LogP contribution in [0.1, 0.15) is 11.1 Å². The molecule has 0 aliphatic carbocycles. The third-order valence-electron chi connectivity index (χ3n) is 4.54. The summed E-state index contributed by atoms with van der Waals surface area (Å²) in [5.74, 6) is 1.51. The van der Waals surface area contributed by atoms with Crippen molar-refractivity contribution in [2.24, 2.45) is 0 Å². The maximum absolute atomic E-state index is 12.5. The topological polar surface area (TPSA) is 64.6 Å². The molecule has 0 spiro atoms. The first-order valence-corrected chi connectivity index (χ1v) is 10.2. The van der Waals surface area contributed by atoms with Crippen molar-refractivity contribution in [3.63, 3.8) is 0 Å². The number of sulfonamides is 1. The second-order valence-corrected chi connectivity index (χ2v) is 8.09. The maximum atomic E-state index is 12.5. The minimum absolute atomic E-state index is 0.191. The van der Waals surface area contributed by atoms with Crippen LogP contribution in [0, 0.1) is 13.8 Å². The van der Waals surface area contributed by atoms with Gasteiger partial charge in [0.15, 0.2) is 0 Å². The lowest BCUT2D eigenvalue weighted by Crippen LogP contribution is -2.28. The summed E-state index contributed by atoms with van der Waals surface area (Å²) in [4.78, 5) is 0.229. The summed E-state index contributed by atoms with van der Waals surface area (Å²) < 4.78 is 38.6. The third-order valence-corrected chi connectivity index (χ3v) is 5.99. The number of benzene rings is 3. The minimum atomic E-state index is -3.60. The number of hydrogen-bond acceptors (Lipinski definition) is 4. The fourth-order valence-corrected chi connectivity index (χ4v) is 3.84. The molecule has 0 unspecified atom stereocenters. The summed E-state index contributed by atoms with van der Waals surface area (Å²) in [6, 6.07) is 16.4. The normalized spacial score (nSPS) is 11.5. The molecule has 5 nitrogen and oxygen atoms in total. The second-order valence-electron chi connectivity index (χ2n) is 6.32. The van der Waals surface area contributed by atoms with E-state index >= 15 is 0 Å². The summed E-state index contributed by atoms with van der Waals surface area (Å²) in [5, 5.41) is 1.76. The zero-order valence-corrected chi connectivity index (χ0v) is 16.5. The molecule has 0 aliphatic heterocycles. The van der Waals surface area contributed by atoms with Crippen LogP contribution in [0.2, 0.25) is 0 Å². The number of rotatable bonds is 7. The van der Waals surface area contributed by atoms with Crippen LogP contribution in [-0.2, 0) is 10.0 Å². The van der Waals surface area contributed by atoms with E-state index < -0.39 is 10.0 Å². The maximum Gasteiger partial charge on any atom is 0.240 e. The van der Waals surface area contributed by atoms with Gasteiger partial charge in [0, 0.05) is 6.54 Å². The van der Waals surface area contributed by atoms with Crippen molar-refractivity contribution >= 4 is 20.8 Å². The lowest BCUT2D eigenvalue weighted by atomic mass is 10.1. The highest BCUT2D eigenvalue weighted by molar-refractivity contribution is 7.89. The average molecular weight is 385 g/mol. The van der Waals surface area contributed by atoms with Crippen LogP contribution in [0.15, 0.2) is 59.5 Å². The van der Waals surface area contributed by atoms with Crippen molar-refractivity contribution in [1.82, 2.24) is 4.72 Å². The van der Waals surface area contributed by atoms with Crippen LogP contribution >= 0.6 is 0 Å². The monoisotopic (exact) mass is 385 g/mol. The average Bonchev–Trinajstić information content (AvgIpc) is 2.67. The molecule has 0 amide bonds. The quantitative estimate of drug-likeness (QED) is 0.628. The summed E-state index contributed by atoms with van der Waals surface area (Å²) in [6.45, 7) is 4.45. The number of methoxy groups -OCH3 is 1. The molecule has 142 valence electrons. The summed E-state index contributed by atoms with van der Waals surface area (Å²) in [5.41, 5.74) is 2.20. The molecule has 3 rings (SSSR count). The molecule has 6 heteroatoms. The molecule has 1 N–H and O–H groups in total. The predicted molar refractivity (Wildman–Crippen MR) is 107 cm³/mol. The Bertz CT molecular complexity index is 1060. The molecule has 0 radical (unpaired) electrons. The van der Waals surface area contributed by atoms with Crippen LogP contribution in [0.25, 0.3) is 10.8 Å². The molecule has 0 heterocycles. The molecular formula is C21H23NO4S. The zero-order chi connectivity index (χ0) is 19.4. The number of nitrogens with one attached hydrogen (secondary N) is 1. The van der Waals surface area contributed by atoms with E-state index in [2.05, 4.69) is 4.72 Å². The van der Waals surface area contributed by atoms with Gasteiger partial charge in [-0.1, -0.05) is 24.3 Å². The van der Waals surface area contributed by atoms with Gasteiger partial charge in [0.2, 0.25) is 10.0 Å². The molecule has 3 aromatic carbocycles. The fraction of sp³-hybridized carbons (Fsp3) is 0.238. The molecule has 0 atom stereocenters. The van der Waals surface area contributed by atoms with E-state index in [0.29, 0.717) is 0 Å². The number of hydrogen-bond donors (Lipinski definition) is 1. The Labute approximate surface area is 160 Å². The molecule has 0 aromatic heterocycles. The van der Waals surface area contributed by atoms with Gasteiger partial charge < -0.3 is 9.47 Å². The van der Waals surface area contributed by atoms with Gasteiger partial charge in [-0.25, -0.2) is 13.1 Å². The van der Waals surface area contributed by atoms with Crippen LogP contribution in [0.3, 0.4) is 0 Å². The van der Waals surface area contributed by atoms with E-state index in [1.807, 2.05) is 50.2 Å². The summed E-state index contributed by atoms with van der Waals surface area (Å²) in [6.07, 6.45) is 0. The summed E-state index contributed by atoms with van der Waals surface area (Å²) in [7, 11) is -2.00. The van der Waals surface area contributed by atoms with E-state index in [1.54, 1.807) is 25.3 Å². The van der Waals surface area contributed by atoms with Gasteiger partial charge in [-0.3, -0.25) is 0 Å². The molecule has 0 bridgehead atoms. The molecule has 3 aromatic rings. The van der Waals surface area contributed by atoms with Gasteiger partial charge in [0.25, 0.3) is 0 Å². The van der Waals surface area contributed by atoms with Crippen molar-refractivity contribution < 1.29 is 17.9 Å². The first-order chi connectivity index (χ1) is 12.9. The van der Waals surface area contributed by atoms with Gasteiger partial charge >= 0.3 is 0 Å². The Balaban J connectivity index is 1.66. The highest BCUT2D eigenvalue weighted by atomic mass is 32.2. The fourth-order valence-electron chi connectivity index (χ4n) is 2.80. The van der Waals surface area contributed by atoms with Crippen molar-refractivity contribution in [3.05, 3.63) is 65.7 Å². The van der Waals surface area contributed by atoms with E-state index in [9.17, 15) is 8.42 Å². The molecule has 0 fully saturated rings. The van der Waals surface area contributed by atoms with Crippen LogP contribution in [0.4, 0.5) is 0 Å². The predicted octanol–water partition coefficient (Wildman–Crippen LogP) is 3.82. The van der Waals surface area contributed by atoms with Crippen LogP contribution < -0.4 is 14.2 Å². The van der Waals surface area contributed by atoms with Crippen LogP contribution in [-0.4, -0.2) is 28.7 Å². The number of fused-ring (bicyclic) bond motifs is 1. The zero-order valence-electron chi connectivity index (χ0n) is 15.7. The molecule has 0 saturated heterocycles. The highest BCUT2D eigenvalue weighted by Crippen LogP contribution is 2.24. The first-order valence-electron chi connectivity index (χ1n) is 8.67. The largest absolute Gasteiger partial charge is 0.497 e. The van der Waals surface area contributed by atoms with E-state index in [0.717, 1.165) is 33.4 Å². The van der Waals surface area contributed by atoms with E-state index in [-0.39, 0.29) is 18.0 Å². The molecule has 27 heavy (non-hydrogen) atoms. The smallest absolute Gasteiger partial charge is 0.240 e. The SMILES string of the molecule is COc1ccc2cc(S(=O)(=O)NCCOc3cccc(C)c3C)ccc2c1. The highest BCUT2D eigenvalue weighted by Gasteiger charge is 2.14. The lowest BCUT2D eigenvalue weighted by molar-refractivity contribution is 0.320. The van der Waals surface area contributed by atoms with E-state index in [4.69, 9.17) is 9.47 Å². The lowest BCUT2D eigenvalue weighted by Gasteiger charge is -2.12. The van der Waals surface area contributed by atoms with Gasteiger partial charge in [0.1, 0.15) is 18.1 Å². The van der Waals surface area contributed by atoms with Crippen molar-refractivity contribution in [2.75, 3.05) is 20.3 Å². The van der Waals surface area contributed by atoms with Gasteiger partial charge in [0.05, 0.1) is 12.0 Å². The Hall–Kier alpha value is -2.57. The summed E-state index contributed by atoms with van der Waals surface area (Å²) >= 11 is 0. The third kappa shape index (κ3) is 4.40. The standard InChI is InChI=1S/C21H23NO4S/c1-15-5-4-6-21(16(15)2)26-12-11-22-27(23,24)20-10-8-17-13-19(25-3)9-7-18(17)14-20/h4-10,13-14,22H,11-12H2,1-3H3. The Kier molecular flexibility index (Phi) is 5.68. The van der Waals surface area contributed by atoms with Gasteiger partial charge in [-0.2, -0.15) is 0 Å². The Morgan fingerprint density at radius 1 is 0.963 bits per heavy atom. The first kappa shape index (κ1) is 19.2. The molecule has 0 aliphatic rings. The number of ether oxygens (including phenoxy) is 2. The molecular weight excluding hydrogens is 362 g/mol. The van der Waals surface area contributed by atoms with Crippen molar-refractivity contribution in [3.8, 4) is 11.5 Å².